The van der Waals surface area contributed by atoms with Gasteiger partial charge in [-0.1, -0.05) is 122 Å². The highest BCUT2D eigenvalue weighted by atomic mass is 15.4. The molecular formula is C37H31N3. The van der Waals surface area contributed by atoms with E-state index in [9.17, 15) is 0 Å². The summed E-state index contributed by atoms with van der Waals surface area (Å²) in [4.78, 5) is 8.30. The first-order valence-electron chi connectivity index (χ1n) is 14.3. The van der Waals surface area contributed by atoms with Crippen molar-refractivity contribution < 1.29 is 0 Å². The van der Waals surface area contributed by atoms with Gasteiger partial charge in [-0.25, -0.2) is 4.99 Å². The van der Waals surface area contributed by atoms with Crippen LogP contribution in [0, 0.1) is 5.92 Å². The van der Waals surface area contributed by atoms with Crippen molar-refractivity contribution in [1.82, 2.24) is 9.47 Å². The summed E-state index contributed by atoms with van der Waals surface area (Å²) in [5.41, 5.74) is 5.89. The van der Waals surface area contributed by atoms with E-state index >= 15 is 0 Å². The normalized spacial score (nSPS) is 21.5. The molecular weight excluding hydrogens is 486 g/mol. The molecule has 0 saturated heterocycles. The third-order valence-electron chi connectivity index (χ3n) is 8.77. The van der Waals surface area contributed by atoms with Crippen LogP contribution in [0.1, 0.15) is 18.9 Å². The number of hydrogen-bond donors (Lipinski definition) is 0. The predicted molar refractivity (Wildman–Crippen MR) is 168 cm³/mol. The molecule has 0 radical (unpaired) electrons. The third-order valence-corrected chi connectivity index (χ3v) is 8.77. The van der Waals surface area contributed by atoms with Gasteiger partial charge in [-0.05, 0) is 51.9 Å². The van der Waals surface area contributed by atoms with Gasteiger partial charge in [-0.15, -0.1) is 0 Å². The van der Waals surface area contributed by atoms with Crippen LogP contribution in [0.25, 0.3) is 43.7 Å². The fourth-order valence-electron chi connectivity index (χ4n) is 7.01. The van der Waals surface area contributed by atoms with E-state index in [0.29, 0.717) is 5.92 Å². The highest BCUT2D eigenvalue weighted by Gasteiger charge is 2.43. The van der Waals surface area contributed by atoms with Gasteiger partial charge >= 0.3 is 0 Å². The first-order valence-corrected chi connectivity index (χ1v) is 14.3. The molecule has 2 aliphatic heterocycles. The molecule has 3 heterocycles. The molecule has 194 valence electrons. The van der Waals surface area contributed by atoms with Gasteiger partial charge in [-0.3, -0.25) is 4.57 Å². The minimum atomic E-state index is -0.383. The Hall–Kier alpha value is -4.63. The molecule has 8 rings (SSSR count). The predicted octanol–water partition coefficient (Wildman–Crippen LogP) is 8.63. The number of para-hydroxylation sites is 2. The lowest BCUT2D eigenvalue weighted by Crippen LogP contribution is -2.39. The van der Waals surface area contributed by atoms with Crippen molar-refractivity contribution in [1.29, 1.82) is 0 Å². The van der Waals surface area contributed by atoms with E-state index in [1.165, 1.54) is 49.3 Å². The monoisotopic (exact) mass is 517 g/mol. The van der Waals surface area contributed by atoms with Gasteiger partial charge in [0.2, 0.25) is 5.96 Å². The minimum Gasteiger partial charge on any atom is -0.339 e. The molecule has 2 aliphatic rings. The Morgan fingerprint density at radius 1 is 0.675 bits per heavy atom. The smallest absolute Gasteiger partial charge is 0.207 e. The summed E-state index contributed by atoms with van der Waals surface area (Å²) >= 11 is 0. The maximum atomic E-state index is 5.77. The van der Waals surface area contributed by atoms with Gasteiger partial charge in [0, 0.05) is 17.3 Å². The Labute approximate surface area is 234 Å². The van der Waals surface area contributed by atoms with Crippen LogP contribution in [0.2, 0.25) is 0 Å². The second-order valence-electron chi connectivity index (χ2n) is 11.4. The minimum absolute atomic E-state index is 0.383. The molecule has 2 unspecified atom stereocenters. The molecule has 1 aromatic heterocycles. The molecule has 2 atom stereocenters. The summed E-state index contributed by atoms with van der Waals surface area (Å²) in [5.74, 6) is 1.50. The summed E-state index contributed by atoms with van der Waals surface area (Å²) in [6.45, 7) is 4.11. The Balaban J connectivity index is 1.40. The number of hydrogen-bond acceptors (Lipinski definition) is 2. The van der Waals surface area contributed by atoms with E-state index in [1.807, 2.05) is 0 Å². The number of aromatic nitrogens is 1. The molecule has 6 aromatic rings. The fraction of sp³-hybridized carbons (Fsp3) is 0.162. The Bertz CT molecular complexity index is 1920. The molecule has 5 aromatic carbocycles. The third kappa shape index (κ3) is 3.47. The summed E-state index contributed by atoms with van der Waals surface area (Å²) < 4.78 is 2.41. The van der Waals surface area contributed by atoms with Crippen LogP contribution >= 0.6 is 0 Å². The van der Waals surface area contributed by atoms with E-state index < -0.39 is 0 Å². The number of fused-ring (bicyclic) bond motifs is 6. The summed E-state index contributed by atoms with van der Waals surface area (Å²) in [6, 6.07) is 41.8. The molecule has 0 saturated carbocycles. The highest BCUT2D eigenvalue weighted by molar-refractivity contribution is 6.14. The lowest BCUT2D eigenvalue weighted by molar-refractivity contribution is 0.315. The number of rotatable bonds is 2. The molecule has 0 aliphatic carbocycles. The van der Waals surface area contributed by atoms with Crippen LogP contribution in [-0.2, 0) is 5.54 Å². The first kappa shape index (κ1) is 23.3. The van der Waals surface area contributed by atoms with Crippen LogP contribution in [0.3, 0.4) is 0 Å². The van der Waals surface area contributed by atoms with Crippen molar-refractivity contribution in [3.8, 4) is 11.1 Å². The van der Waals surface area contributed by atoms with Crippen LogP contribution in [-0.4, -0.2) is 28.5 Å². The molecule has 2 bridgehead atoms. The average molecular weight is 518 g/mol. The van der Waals surface area contributed by atoms with E-state index in [1.54, 1.807) is 0 Å². The van der Waals surface area contributed by atoms with Crippen molar-refractivity contribution in [3.05, 3.63) is 133 Å². The zero-order valence-corrected chi connectivity index (χ0v) is 22.7. The Kier molecular flexibility index (Phi) is 5.21. The zero-order chi connectivity index (χ0) is 26.7. The van der Waals surface area contributed by atoms with Crippen LogP contribution in [0.4, 0.5) is 0 Å². The van der Waals surface area contributed by atoms with Gasteiger partial charge in [0.15, 0.2) is 0 Å². The summed E-state index contributed by atoms with van der Waals surface area (Å²) in [7, 11) is 0. The van der Waals surface area contributed by atoms with E-state index in [2.05, 4.69) is 144 Å². The van der Waals surface area contributed by atoms with Crippen molar-refractivity contribution in [2.75, 3.05) is 13.1 Å². The maximum absolute atomic E-state index is 5.77. The van der Waals surface area contributed by atoms with Crippen LogP contribution in [0.5, 0.6) is 0 Å². The average Bonchev–Trinajstić information content (AvgIpc) is 3.53. The standard InChI is InChI=1S/C37H31N3/c1-26-12-11-23-37(33-20-7-4-16-30(33)29-19-10-14-27-13-2-3-15-28(27)29)25-39(24-26)36(38-37)40-34-21-8-5-17-31(34)32-18-6-9-22-35(32)40/h2-22,26H,23-25H2,1H3/b12-11-. The van der Waals surface area contributed by atoms with E-state index in [0.717, 1.165) is 25.5 Å². The zero-order valence-electron chi connectivity index (χ0n) is 22.7. The van der Waals surface area contributed by atoms with Gasteiger partial charge in [0.25, 0.3) is 0 Å². The second-order valence-corrected chi connectivity index (χ2v) is 11.4. The lowest BCUT2D eigenvalue weighted by atomic mass is 9.80. The number of aliphatic imine (C=N–C) groups is 1. The molecule has 3 heteroatoms. The Morgan fingerprint density at radius 2 is 1.30 bits per heavy atom. The number of nitrogens with zero attached hydrogens (tertiary/aromatic N) is 3. The fourth-order valence-corrected chi connectivity index (χ4v) is 7.01. The molecule has 0 fully saturated rings. The van der Waals surface area contributed by atoms with Gasteiger partial charge in [0.1, 0.15) is 5.54 Å². The van der Waals surface area contributed by atoms with Crippen molar-refractivity contribution in [2.45, 2.75) is 18.9 Å². The number of benzene rings is 5. The molecule has 3 nitrogen and oxygen atoms in total. The van der Waals surface area contributed by atoms with E-state index in [4.69, 9.17) is 4.99 Å². The van der Waals surface area contributed by atoms with Crippen LogP contribution in [0.15, 0.2) is 132 Å². The summed E-state index contributed by atoms with van der Waals surface area (Å²) in [6.07, 6.45) is 5.63. The quantitative estimate of drug-likeness (QED) is 0.211. The largest absolute Gasteiger partial charge is 0.339 e. The molecule has 0 N–H and O–H groups in total. The topological polar surface area (TPSA) is 20.5 Å². The molecule has 0 spiro atoms. The van der Waals surface area contributed by atoms with Gasteiger partial charge in [-0.2, -0.15) is 0 Å². The lowest BCUT2D eigenvalue weighted by Gasteiger charge is -2.32. The van der Waals surface area contributed by atoms with Crippen LogP contribution < -0.4 is 0 Å². The maximum Gasteiger partial charge on any atom is 0.207 e. The molecule has 40 heavy (non-hydrogen) atoms. The van der Waals surface area contributed by atoms with Gasteiger partial charge < -0.3 is 4.90 Å². The SMILES string of the molecule is CC1/C=C\CC2(c3ccccc3-c3cccc4ccccc34)CN(C1)C(n1c3ccccc3c3ccccc31)=N2. The van der Waals surface area contributed by atoms with Crippen molar-refractivity contribution >= 4 is 38.5 Å². The van der Waals surface area contributed by atoms with E-state index in [-0.39, 0.29) is 5.54 Å². The summed E-state index contributed by atoms with van der Waals surface area (Å²) in [5, 5.41) is 5.09. The second kappa shape index (κ2) is 8.96. The van der Waals surface area contributed by atoms with Crippen molar-refractivity contribution in [2.24, 2.45) is 10.9 Å². The first-order chi connectivity index (χ1) is 19.7. The Morgan fingerprint density at radius 3 is 2.10 bits per heavy atom. The molecule has 0 amide bonds. The van der Waals surface area contributed by atoms with Crippen molar-refractivity contribution in [3.63, 3.8) is 0 Å². The van der Waals surface area contributed by atoms with Gasteiger partial charge in [0.05, 0.1) is 17.6 Å². The highest BCUT2D eigenvalue weighted by Crippen LogP contribution is 2.44.